The molecule has 0 heterocycles. The fourth-order valence-electron chi connectivity index (χ4n) is 1.41. The van der Waals surface area contributed by atoms with Gasteiger partial charge in [-0.15, -0.1) is 0 Å². The van der Waals surface area contributed by atoms with Crippen LogP contribution >= 0.6 is 11.6 Å². The third-order valence-corrected chi connectivity index (χ3v) is 2.97. The molecule has 0 aliphatic rings. The van der Waals surface area contributed by atoms with E-state index in [9.17, 15) is 0 Å². The quantitative estimate of drug-likeness (QED) is 0.762. The van der Waals surface area contributed by atoms with Crippen LogP contribution in [0, 0.1) is 6.92 Å². The van der Waals surface area contributed by atoms with Crippen LogP contribution in [0.15, 0.2) is 18.2 Å². The van der Waals surface area contributed by atoms with Crippen LogP contribution < -0.4 is 10.1 Å². The van der Waals surface area contributed by atoms with E-state index in [1.165, 1.54) is 6.42 Å². The van der Waals surface area contributed by atoms with Crippen LogP contribution in [0.3, 0.4) is 0 Å². The number of quaternary nitrogens is 1. The first-order valence-corrected chi connectivity index (χ1v) is 6.23. The molecule has 0 unspecified atom stereocenters. The number of hydrogen-bond acceptors (Lipinski definition) is 1. The Morgan fingerprint density at radius 2 is 2.19 bits per heavy atom. The molecule has 3 heteroatoms. The van der Waals surface area contributed by atoms with E-state index in [0.717, 1.165) is 17.9 Å². The van der Waals surface area contributed by atoms with E-state index in [0.29, 0.717) is 17.7 Å². The van der Waals surface area contributed by atoms with Crippen LogP contribution in [0.1, 0.15) is 25.8 Å². The summed E-state index contributed by atoms with van der Waals surface area (Å²) in [5.74, 6) is 0.782. The zero-order valence-corrected chi connectivity index (χ0v) is 11.1. The van der Waals surface area contributed by atoms with E-state index in [1.54, 1.807) is 0 Å². The van der Waals surface area contributed by atoms with Gasteiger partial charge in [0.1, 0.15) is 18.9 Å². The summed E-state index contributed by atoms with van der Waals surface area (Å²) >= 11 is 6.06. The molecule has 0 fully saturated rings. The Kier molecular flexibility index (Phi) is 5.64. The van der Waals surface area contributed by atoms with Crippen LogP contribution in [0.2, 0.25) is 5.02 Å². The predicted molar refractivity (Wildman–Crippen MR) is 68.2 cm³/mol. The molecular weight excluding hydrogens is 222 g/mol. The van der Waals surface area contributed by atoms with Crippen LogP contribution in [0.25, 0.3) is 0 Å². The van der Waals surface area contributed by atoms with Gasteiger partial charge < -0.3 is 10.1 Å². The molecule has 0 spiro atoms. The summed E-state index contributed by atoms with van der Waals surface area (Å²) in [6.45, 7) is 8.11. The monoisotopic (exact) mass is 242 g/mol. The Morgan fingerprint density at radius 3 is 2.81 bits per heavy atom. The van der Waals surface area contributed by atoms with Crippen molar-refractivity contribution in [1.82, 2.24) is 0 Å². The second-order valence-electron chi connectivity index (χ2n) is 4.19. The molecule has 1 atom stereocenters. The Labute approximate surface area is 103 Å². The average molecular weight is 243 g/mol. The first-order chi connectivity index (χ1) is 7.63. The Bertz CT molecular complexity index is 328. The van der Waals surface area contributed by atoms with E-state index >= 15 is 0 Å². The predicted octanol–water partition coefficient (Wildman–Crippen LogP) is 2.39. The van der Waals surface area contributed by atoms with Crippen molar-refractivity contribution in [2.75, 3.05) is 13.2 Å². The van der Waals surface area contributed by atoms with E-state index in [2.05, 4.69) is 19.2 Å². The molecule has 2 nitrogen and oxygen atoms in total. The van der Waals surface area contributed by atoms with Crippen LogP contribution in [0.5, 0.6) is 5.75 Å². The molecule has 0 amide bonds. The molecule has 0 aliphatic carbocycles. The normalized spacial score (nSPS) is 12.5. The van der Waals surface area contributed by atoms with Crippen molar-refractivity contribution in [3.63, 3.8) is 0 Å². The molecule has 1 aromatic rings. The van der Waals surface area contributed by atoms with Gasteiger partial charge in [0.15, 0.2) is 0 Å². The molecule has 1 rings (SSSR count). The van der Waals surface area contributed by atoms with E-state index in [4.69, 9.17) is 16.3 Å². The van der Waals surface area contributed by atoms with Gasteiger partial charge in [0, 0.05) is 0 Å². The maximum atomic E-state index is 6.06. The Balaban J connectivity index is 2.32. The summed E-state index contributed by atoms with van der Waals surface area (Å²) < 4.78 is 5.62. The molecule has 0 saturated carbocycles. The molecule has 0 bridgehead atoms. The maximum absolute atomic E-state index is 6.06. The third kappa shape index (κ3) is 4.42. The molecule has 0 radical (unpaired) electrons. The zero-order valence-electron chi connectivity index (χ0n) is 10.3. The van der Waals surface area contributed by atoms with Gasteiger partial charge in [-0.05, 0) is 38.0 Å². The highest BCUT2D eigenvalue weighted by molar-refractivity contribution is 6.32. The fourth-order valence-corrected chi connectivity index (χ4v) is 1.70. The maximum Gasteiger partial charge on any atom is 0.138 e. The molecule has 90 valence electrons. The van der Waals surface area contributed by atoms with Crippen molar-refractivity contribution in [2.24, 2.45) is 0 Å². The van der Waals surface area contributed by atoms with E-state index < -0.39 is 0 Å². The molecule has 2 N–H and O–H groups in total. The lowest BCUT2D eigenvalue weighted by atomic mass is 10.2. The summed E-state index contributed by atoms with van der Waals surface area (Å²) in [4.78, 5) is 0. The van der Waals surface area contributed by atoms with Crippen LogP contribution in [-0.2, 0) is 0 Å². The summed E-state index contributed by atoms with van der Waals surface area (Å²) in [5, 5.41) is 2.99. The number of benzene rings is 1. The summed E-state index contributed by atoms with van der Waals surface area (Å²) in [7, 11) is 0. The molecule has 1 aromatic carbocycles. The van der Waals surface area contributed by atoms with Gasteiger partial charge in [-0.3, -0.25) is 0 Å². The van der Waals surface area contributed by atoms with Gasteiger partial charge in [0.25, 0.3) is 0 Å². The Morgan fingerprint density at radius 1 is 1.44 bits per heavy atom. The number of nitrogens with two attached hydrogens (primary N) is 1. The van der Waals surface area contributed by atoms with Gasteiger partial charge in [-0.25, -0.2) is 0 Å². The van der Waals surface area contributed by atoms with Gasteiger partial charge in [0.05, 0.1) is 11.1 Å². The van der Waals surface area contributed by atoms with Crippen molar-refractivity contribution in [3.05, 3.63) is 28.8 Å². The molecule has 0 aliphatic heterocycles. The van der Waals surface area contributed by atoms with Crippen molar-refractivity contribution in [2.45, 2.75) is 33.2 Å². The second kappa shape index (κ2) is 6.77. The summed E-state index contributed by atoms with van der Waals surface area (Å²) in [6, 6.07) is 6.53. The zero-order chi connectivity index (χ0) is 12.0. The summed E-state index contributed by atoms with van der Waals surface area (Å²) in [5.41, 5.74) is 1.16. The van der Waals surface area contributed by atoms with Gasteiger partial charge in [0.2, 0.25) is 0 Å². The molecule has 0 aromatic heterocycles. The first-order valence-electron chi connectivity index (χ1n) is 5.85. The van der Waals surface area contributed by atoms with Crippen molar-refractivity contribution in [1.29, 1.82) is 0 Å². The number of hydrogen-bond donors (Lipinski definition) is 1. The Hall–Kier alpha value is -0.730. The van der Waals surface area contributed by atoms with Gasteiger partial charge in [-0.2, -0.15) is 0 Å². The lowest BCUT2D eigenvalue weighted by Crippen LogP contribution is -2.90. The highest BCUT2D eigenvalue weighted by atomic mass is 35.5. The number of ether oxygens (including phenoxy) is 1. The van der Waals surface area contributed by atoms with Crippen LogP contribution in [-0.4, -0.2) is 19.2 Å². The largest absolute Gasteiger partial charge is 0.486 e. The number of rotatable bonds is 6. The molecular formula is C13H21ClNO+. The molecule has 0 saturated heterocycles. The van der Waals surface area contributed by atoms with Crippen molar-refractivity contribution >= 4 is 11.6 Å². The topological polar surface area (TPSA) is 25.8 Å². The number of aryl methyl sites for hydroxylation is 1. The second-order valence-corrected chi connectivity index (χ2v) is 4.60. The highest BCUT2D eigenvalue weighted by Crippen LogP contribution is 2.24. The van der Waals surface area contributed by atoms with E-state index in [-0.39, 0.29) is 0 Å². The van der Waals surface area contributed by atoms with Gasteiger partial charge in [-0.1, -0.05) is 24.6 Å². The fraction of sp³-hybridized carbons (Fsp3) is 0.538. The minimum absolute atomic E-state index is 0.664. The minimum Gasteiger partial charge on any atom is -0.486 e. The highest BCUT2D eigenvalue weighted by Gasteiger charge is 2.03. The number of halogens is 1. The van der Waals surface area contributed by atoms with Crippen molar-refractivity contribution in [3.8, 4) is 5.75 Å². The molecule has 16 heavy (non-hydrogen) atoms. The lowest BCUT2D eigenvalue weighted by molar-refractivity contribution is -0.686. The lowest BCUT2D eigenvalue weighted by Gasteiger charge is -2.10. The third-order valence-electron chi connectivity index (χ3n) is 2.68. The van der Waals surface area contributed by atoms with Gasteiger partial charge >= 0.3 is 0 Å². The minimum atomic E-state index is 0.664. The SMILES string of the molecule is CC[C@@H](C)[NH2+]CCOc1ccc(C)cc1Cl. The smallest absolute Gasteiger partial charge is 0.138 e. The average Bonchev–Trinajstić information content (AvgIpc) is 2.26. The van der Waals surface area contributed by atoms with Crippen LogP contribution in [0.4, 0.5) is 0 Å². The summed E-state index contributed by atoms with van der Waals surface area (Å²) in [6.07, 6.45) is 1.19. The van der Waals surface area contributed by atoms with Crippen molar-refractivity contribution < 1.29 is 10.1 Å². The van der Waals surface area contributed by atoms with E-state index in [1.807, 2.05) is 25.1 Å². The first kappa shape index (κ1) is 13.3. The standard InChI is InChI=1S/C13H20ClNO/c1-4-11(3)15-7-8-16-13-6-5-10(2)9-12(13)14/h5-6,9,11,15H,4,7-8H2,1-3H3/p+1/t11-/m1/s1.